The number of esters is 2. The van der Waals surface area contributed by atoms with Gasteiger partial charge in [-0.1, -0.05) is 20.8 Å². The van der Waals surface area contributed by atoms with E-state index in [-0.39, 0.29) is 28.1 Å². The Labute approximate surface area is 141 Å². The molecule has 0 aromatic heterocycles. The molecule has 1 heterocycles. The lowest BCUT2D eigenvalue weighted by Gasteiger charge is -2.29. The number of cyclic esters (lactones) is 2. The van der Waals surface area contributed by atoms with Crippen LogP contribution in [0.25, 0.3) is 6.08 Å². The molecule has 1 aliphatic heterocycles. The lowest BCUT2D eigenvalue weighted by atomic mass is 9.85. The number of benzene rings is 1. The van der Waals surface area contributed by atoms with Crippen LogP contribution in [0.2, 0.25) is 0 Å². The van der Waals surface area contributed by atoms with E-state index in [0.29, 0.717) is 0 Å². The number of carbonyl (C=O) groups excluding carboxylic acids is 2. The third kappa shape index (κ3) is 3.53. The molecular formula is C18H22O6. The monoisotopic (exact) mass is 334 g/mol. The Morgan fingerprint density at radius 1 is 1.12 bits per heavy atom. The number of hydrogen-bond acceptors (Lipinski definition) is 6. The molecule has 0 amide bonds. The molecule has 1 fully saturated rings. The van der Waals surface area contributed by atoms with Crippen LogP contribution in [-0.4, -0.2) is 29.9 Å². The first-order valence-corrected chi connectivity index (χ1v) is 7.54. The molecule has 0 bridgehead atoms. The van der Waals surface area contributed by atoms with E-state index >= 15 is 0 Å². The van der Waals surface area contributed by atoms with Crippen LogP contribution in [0.1, 0.15) is 45.7 Å². The topological polar surface area (TPSA) is 82.1 Å². The summed E-state index contributed by atoms with van der Waals surface area (Å²) in [6, 6.07) is 3.42. The normalized spacial score (nSPS) is 17.2. The fraction of sp³-hybridized carbons (Fsp3) is 0.444. The second kappa shape index (κ2) is 5.85. The van der Waals surface area contributed by atoms with Crippen LogP contribution in [0.15, 0.2) is 17.7 Å². The van der Waals surface area contributed by atoms with Gasteiger partial charge in [-0.05, 0) is 29.2 Å². The van der Waals surface area contributed by atoms with Crippen molar-refractivity contribution in [2.75, 3.05) is 7.11 Å². The second-order valence-electron chi connectivity index (χ2n) is 7.10. The molecule has 6 nitrogen and oxygen atoms in total. The van der Waals surface area contributed by atoms with Crippen LogP contribution >= 0.6 is 0 Å². The van der Waals surface area contributed by atoms with E-state index in [1.54, 1.807) is 12.1 Å². The van der Waals surface area contributed by atoms with Crippen molar-refractivity contribution in [2.45, 2.75) is 45.8 Å². The van der Waals surface area contributed by atoms with E-state index in [4.69, 9.17) is 14.2 Å². The van der Waals surface area contributed by atoms with Crippen molar-refractivity contribution in [1.82, 2.24) is 0 Å². The van der Waals surface area contributed by atoms with Gasteiger partial charge in [0.05, 0.1) is 7.11 Å². The number of phenols is 1. The molecule has 0 radical (unpaired) electrons. The summed E-state index contributed by atoms with van der Waals surface area (Å²) in [4.78, 5) is 24.1. The highest BCUT2D eigenvalue weighted by molar-refractivity contribution is 6.19. The maximum Gasteiger partial charge on any atom is 0.348 e. The Kier molecular flexibility index (Phi) is 4.35. The third-order valence-electron chi connectivity index (χ3n) is 3.61. The molecule has 0 saturated carbocycles. The zero-order valence-electron chi connectivity index (χ0n) is 14.7. The smallest absolute Gasteiger partial charge is 0.348 e. The summed E-state index contributed by atoms with van der Waals surface area (Å²) in [5.41, 5.74) is 0.659. The molecule has 1 saturated heterocycles. The van der Waals surface area contributed by atoms with E-state index in [1.807, 2.05) is 20.8 Å². The van der Waals surface area contributed by atoms with Crippen molar-refractivity contribution in [3.8, 4) is 11.5 Å². The minimum absolute atomic E-state index is 0.163. The molecular weight excluding hydrogens is 312 g/mol. The van der Waals surface area contributed by atoms with Gasteiger partial charge < -0.3 is 19.3 Å². The molecule has 1 aromatic rings. The van der Waals surface area contributed by atoms with Crippen LogP contribution in [0.4, 0.5) is 0 Å². The Morgan fingerprint density at radius 2 is 1.67 bits per heavy atom. The average Bonchev–Trinajstić information content (AvgIpc) is 2.42. The summed E-state index contributed by atoms with van der Waals surface area (Å²) < 4.78 is 15.3. The first-order valence-electron chi connectivity index (χ1n) is 7.54. The Bertz CT molecular complexity index is 700. The van der Waals surface area contributed by atoms with Crippen LogP contribution < -0.4 is 4.74 Å². The number of phenolic OH excluding ortho intramolecular Hbond substituents is 1. The van der Waals surface area contributed by atoms with Gasteiger partial charge in [0, 0.05) is 19.4 Å². The van der Waals surface area contributed by atoms with Gasteiger partial charge in [0.15, 0.2) is 11.5 Å². The number of ether oxygens (including phenoxy) is 3. The summed E-state index contributed by atoms with van der Waals surface area (Å²) in [7, 11) is 1.43. The largest absolute Gasteiger partial charge is 0.504 e. The van der Waals surface area contributed by atoms with Crippen LogP contribution in [0.3, 0.4) is 0 Å². The molecule has 130 valence electrons. The van der Waals surface area contributed by atoms with Crippen LogP contribution in [-0.2, 0) is 24.5 Å². The summed E-state index contributed by atoms with van der Waals surface area (Å²) in [6.45, 7) is 8.95. The lowest BCUT2D eigenvalue weighted by molar-refractivity contribution is -0.222. The molecule has 1 aromatic carbocycles. The van der Waals surface area contributed by atoms with E-state index in [0.717, 1.165) is 5.56 Å². The van der Waals surface area contributed by atoms with E-state index in [9.17, 15) is 14.7 Å². The van der Waals surface area contributed by atoms with Gasteiger partial charge in [-0.25, -0.2) is 9.59 Å². The maximum atomic E-state index is 12.1. The van der Waals surface area contributed by atoms with Crippen LogP contribution in [0.5, 0.6) is 11.5 Å². The summed E-state index contributed by atoms with van der Waals surface area (Å²) in [5, 5.41) is 10.3. The predicted octanol–water partition coefficient (Wildman–Crippen LogP) is 2.92. The average molecular weight is 334 g/mol. The van der Waals surface area contributed by atoms with Crippen molar-refractivity contribution in [3.63, 3.8) is 0 Å². The van der Waals surface area contributed by atoms with Gasteiger partial charge in [0.2, 0.25) is 0 Å². The van der Waals surface area contributed by atoms with Gasteiger partial charge in [0.25, 0.3) is 5.79 Å². The van der Waals surface area contributed by atoms with Crippen molar-refractivity contribution in [1.29, 1.82) is 0 Å². The molecule has 0 atom stereocenters. The van der Waals surface area contributed by atoms with Gasteiger partial charge in [0.1, 0.15) is 5.57 Å². The minimum atomic E-state index is -1.31. The molecule has 0 aliphatic carbocycles. The number of methoxy groups -OCH3 is 1. The van der Waals surface area contributed by atoms with E-state index in [2.05, 4.69) is 0 Å². The standard InChI is InChI=1S/C18H22O6/c1-17(2,3)11-7-10(14(19)13(9-11)22-6)8-12-15(20)23-18(4,5)24-16(12)21/h7-9,19H,1-6H3. The first kappa shape index (κ1) is 17.8. The molecule has 24 heavy (non-hydrogen) atoms. The Morgan fingerprint density at radius 3 is 2.12 bits per heavy atom. The highest BCUT2D eigenvalue weighted by Crippen LogP contribution is 2.37. The molecule has 0 spiro atoms. The molecule has 1 N–H and O–H groups in total. The zero-order valence-corrected chi connectivity index (χ0v) is 14.7. The first-order chi connectivity index (χ1) is 10.9. The SMILES string of the molecule is COc1cc(C(C)(C)C)cc(C=C2C(=O)OC(C)(C)OC2=O)c1O. The molecule has 0 unspecified atom stereocenters. The molecule has 6 heteroatoms. The lowest BCUT2D eigenvalue weighted by Crippen LogP contribution is -2.41. The van der Waals surface area contributed by atoms with Crippen LogP contribution in [0, 0.1) is 0 Å². The maximum absolute atomic E-state index is 12.1. The summed E-state index contributed by atoms with van der Waals surface area (Å²) >= 11 is 0. The molecule has 1 aliphatic rings. The predicted molar refractivity (Wildman–Crippen MR) is 87.6 cm³/mol. The second-order valence-corrected chi connectivity index (χ2v) is 7.10. The Hall–Kier alpha value is -2.50. The highest BCUT2D eigenvalue weighted by atomic mass is 16.7. The third-order valence-corrected chi connectivity index (χ3v) is 3.61. The fourth-order valence-corrected chi connectivity index (χ4v) is 2.26. The van der Waals surface area contributed by atoms with Crippen molar-refractivity contribution in [2.24, 2.45) is 0 Å². The number of hydrogen-bond donors (Lipinski definition) is 1. The van der Waals surface area contributed by atoms with Crippen molar-refractivity contribution >= 4 is 18.0 Å². The quantitative estimate of drug-likeness (QED) is 0.509. The summed E-state index contributed by atoms with van der Waals surface area (Å²) in [6.07, 6.45) is 1.26. The van der Waals surface area contributed by atoms with E-state index < -0.39 is 17.7 Å². The van der Waals surface area contributed by atoms with Crippen molar-refractivity contribution < 1.29 is 28.9 Å². The fourth-order valence-electron chi connectivity index (χ4n) is 2.26. The Balaban J connectivity index is 2.56. The van der Waals surface area contributed by atoms with E-state index in [1.165, 1.54) is 27.0 Å². The number of carbonyl (C=O) groups is 2. The number of rotatable bonds is 2. The summed E-state index contributed by atoms with van der Waals surface area (Å²) in [5.74, 6) is -2.81. The number of aromatic hydroxyl groups is 1. The van der Waals surface area contributed by atoms with Gasteiger partial charge in [-0.15, -0.1) is 0 Å². The van der Waals surface area contributed by atoms with Gasteiger partial charge in [-0.3, -0.25) is 0 Å². The highest BCUT2D eigenvalue weighted by Gasteiger charge is 2.39. The van der Waals surface area contributed by atoms with Gasteiger partial charge >= 0.3 is 11.9 Å². The van der Waals surface area contributed by atoms with Gasteiger partial charge in [-0.2, -0.15) is 0 Å². The molecule has 2 rings (SSSR count). The minimum Gasteiger partial charge on any atom is -0.504 e. The van der Waals surface area contributed by atoms with Crippen molar-refractivity contribution in [3.05, 3.63) is 28.8 Å². The zero-order chi connectivity index (χ0) is 18.3.